The molecule has 1 N–H and O–H groups in total. The smallest absolute Gasteiger partial charge is 0.346 e. The standard InChI is InChI=1S/C16H18O3S/c1-16(2,3)12-4-6-13(7-5-12)19-10-11-8-9-20-14(11)15(17)18/h4-9H,10H2,1-3H3,(H,17,18). The van der Waals surface area contributed by atoms with Crippen molar-refractivity contribution in [2.75, 3.05) is 0 Å². The molecule has 0 bridgehead atoms. The van der Waals surface area contributed by atoms with Gasteiger partial charge in [-0.1, -0.05) is 32.9 Å². The lowest BCUT2D eigenvalue weighted by molar-refractivity contribution is 0.0699. The van der Waals surface area contributed by atoms with E-state index in [1.54, 1.807) is 11.4 Å². The number of benzene rings is 1. The summed E-state index contributed by atoms with van der Waals surface area (Å²) in [5, 5.41) is 10.8. The van der Waals surface area contributed by atoms with Crippen LogP contribution >= 0.6 is 11.3 Å². The van der Waals surface area contributed by atoms with E-state index in [2.05, 4.69) is 20.8 Å². The van der Waals surface area contributed by atoms with Crippen molar-refractivity contribution < 1.29 is 14.6 Å². The first-order valence-corrected chi connectivity index (χ1v) is 7.29. The van der Waals surface area contributed by atoms with Crippen LogP contribution < -0.4 is 4.74 Å². The summed E-state index contributed by atoms with van der Waals surface area (Å²) >= 11 is 1.22. The first kappa shape index (κ1) is 14.6. The number of hydrogen-bond acceptors (Lipinski definition) is 3. The summed E-state index contributed by atoms with van der Waals surface area (Å²) in [6.45, 7) is 6.76. The van der Waals surface area contributed by atoms with Crippen LogP contribution in [0.2, 0.25) is 0 Å². The molecule has 0 spiro atoms. The van der Waals surface area contributed by atoms with Crippen molar-refractivity contribution in [3.05, 3.63) is 51.7 Å². The van der Waals surface area contributed by atoms with Crippen molar-refractivity contribution in [2.45, 2.75) is 32.8 Å². The second-order valence-electron chi connectivity index (χ2n) is 5.64. The Kier molecular flexibility index (Phi) is 4.14. The fourth-order valence-corrected chi connectivity index (χ4v) is 2.60. The molecule has 0 radical (unpaired) electrons. The summed E-state index contributed by atoms with van der Waals surface area (Å²) in [6.07, 6.45) is 0. The summed E-state index contributed by atoms with van der Waals surface area (Å²) in [5.74, 6) is -0.151. The van der Waals surface area contributed by atoms with Crippen molar-refractivity contribution in [1.29, 1.82) is 0 Å². The lowest BCUT2D eigenvalue weighted by atomic mass is 9.87. The van der Waals surface area contributed by atoms with E-state index in [-0.39, 0.29) is 12.0 Å². The molecule has 4 heteroatoms. The highest BCUT2D eigenvalue weighted by atomic mass is 32.1. The zero-order chi connectivity index (χ0) is 14.8. The number of carboxylic acid groups (broad SMARTS) is 1. The molecule has 0 aliphatic heterocycles. The highest BCUT2D eigenvalue weighted by Crippen LogP contribution is 2.25. The van der Waals surface area contributed by atoms with Gasteiger partial charge in [-0.15, -0.1) is 11.3 Å². The Bertz CT molecular complexity index is 591. The summed E-state index contributed by atoms with van der Waals surface area (Å²) in [4.78, 5) is 11.3. The minimum Gasteiger partial charge on any atom is -0.489 e. The number of aromatic carboxylic acids is 1. The van der Waals surface area contributed by atoms with Gasteiger partial charge in [0.1, 0.15) is 17.2 Å². The third-order valence-corrected chi connectivity index (χ3v) is 4.00. The SMILES string of the molecule is CC(C)(C)c1ccc(OCc2ccsc2C(=O)O)cc1. The maximum Gasteiger partial charge on any atom is 0.346 e. The second kappa shape index (κ2) is 5.67. The second-order valence-corrected chi connectivity index (χ2v) is 6.56. The van der Waals surface area contributed by atoms with Crippen molar-refractivity contribution in [3.8, 4) is 5.75 Å². The fraction of sp³-hybridized carbons (Fsp3) is 0.312. The minimum atomic E-state index is -0.901. The van der Waals surface area contributed by atoms with Crippen molar-refractivity contribution in [2.24, 2.45) is 0 Å². The molecule has 106 valence electrons. The Hall–Kier alpha value is -1.81. The van der Waals surface area contributed by atoms with Crippen molar-refractivity contribution in [3.63, 3.8) is 0 Å². The van der Waals surface area contributed by atoms with E-state index in [1.807, 2.05) is 24.3 Å². The van der Waals surface area contributed by atoms with Crippen molar-refractivity contribution in [1.82, 2.24) is 0 Å². The third-order valence-electron chi connectivity index (χ3n) is 3.06. The topological polar surface area (TPSA) is 46.5 Å². The van der Waals surface area contributed by atoms with Crippen LogP contribution in [0, 0.1) is 0 Å². The van der Waals surface area contributed by atoms with Crippen LogP contribution in [0.5, 0.6) is 5.75 Å². The van der Waals surface area contributed by atoms with Gasteiger partial charge < -0.3 is 9.84 Å². The van der Waals surface area contributed by atoms with Gasteiger partial charge in [-0.2, -0.15) is 0 Å². The van der Waals surface area contributed by atoms with Crippen molar-refractivity contribution >= 4 is 17.3 Å². The lowest BCUT2D eigenvalue weighted by Crippen LogP contribution is -2.10. The van der Waals surface area contributed by atoms with Crippen LogP contribution in [-0.4, -0.2) is 11.1 Å². The molecule has 3 nitrogen and oxygen atoms in total. The Balaban J connectivity index is 2.04. The van der Waals surface area contributed by atoms with Gasteiger partial charge in [0.25, 0.3) is 0 Å². The van der Waals surface area contributed by atoms with Crippen LogP contribution in [0.3, 0.4) is 0 Å². The summed E-state index contributed by atoms with van der Waals surface area (Å²) in [5.41, 5.74) is 2.07. The maximum absolute atomic E-state index is 11.0. The Morgan fingerprint density at radius 2 is 1.85 bits per heavy atom. The number of hydrogen-bond donors (Lipinski definition) is 1. The summed E-state index contributed by atoms with van der Waals surface area (Å²) in [6, 6.07) is 9.72. The number of ether oxygens (including phenoxy) is 1. The molecule has 20 heavy (non-hydrogen) atoms. The average molecular weight is 290 g/mol. The number of carbonyl (C=O) groups is 1. The van der Waals surface area contributed by atoms with E-state index in [0.29, 0.717) is 10.4 Å². The Morgan fingerprint density at radius 3 is 2.40 bits per heavy atom. The molecular weight excluding hydrogens is 272 g/mol. The number of rotatable bonds is 4. The van der Waals surface area contributed by atoms with Gasteiger partial charge in [-0.25, -0.2) is 4.79 Å². The molecule has 1 aromatic heterocycles. The normalized spacial score (nSPS) is 11.3. The zero-order valence-electron chi connectivity index (χ0n) is 11.8. The Labute approximate surface area is 122 Å². The molecule has 1 aromatic carbocycles. The van der Waals surface area contributed by atoms with Crippen LogP contribution in [0.15, 0.2) is 35.7 Å². The first-order chi connectivity index (χ1) is 9.38. The van der Waals surface area contributed by atoms with E-state index in [4.69, 9.17) is 9.84 Å². The monoisotopic (exact) mass is 290 g/mol. The zero-order valence-corrected chi connectivity index (χ0v) is 12.7. The molecule has 0 saturated heterocycles. The molecule has 0 unspecified atom stereocenters. The molecular formula is C16H18O3S. The largest absolute Gasteiger partial charge is 0.489 e. The van der Waals surface area contributed by atoms with E-state index in [1.165, 1.54) is 16.9 Å². The molecule has 0 aliphatic rings. The van der Waals surface area contributed by atoms with Gasteiger partial charge in [-0.05, 0) is 34.6 Å². The predicted octanol–water partition coefficient (Wildman–Crippen LogP) is 4.32. The van der Waals surface area contributed by atoms with Gasteiger partial charge in [0, 0.05) is 5.56 Å². The first-order valence-electron chi connectivity index (χ1n) is 6.41. The quantitative estimate of drug-likeness (QED) is 0.912. The van der Waals surface area contributed by atoms with Gasteiger partial charge in [-0.3, -0.25) is 0 Å². The number of thiophene rings is 1. The maximum atomic E-state index is 11.0. The molecule has 1 heterocycles. The third kappa shape index (κ3) is 3.39. The molecule has 2 aromatic rings. The number of carboxylic acids is 1. The fourth-order valence-electron chi connectivity index (χ4n) is 1.85. The van der Waals surface area contributed by atoms with Crippen LogP contribution in [0.4, 0.5) is 0 Å². The van der Waals surface area contributed by atoms with E-state index < -0.39 is 5.97 Å². The van der Waals surface area contributed by atoms with E-state index >= 15 is 0 Å². The lowest BCUT2D eigenvalue weighted by Gasteiger charge is -2.19. The molecule has 0 saturated carbocycles. The molecule has 0 fully saturated rings. The van der Waals surface area contributed by atoms with Crippen LogP contribution in [-0.2, 0) is 12.0 Å². The predicted molar refractivity (Wildman–Crippen MR) is 80.8 cm³/mol. The minimum absolute atomic E-state index is 0.113. The molecule has 0 amide bonds. The van der Waals surface area contributed by atoms with E-state index in [9.17, 15) is 4.79 Å². The summed E-state index contributed by atoms with van der Waals surface area (Å²) < 4.78 is 5.65. The van der Waals surface area contributed by atoms with Crippen LogP contribution in [0.25, 0.3) is 0 Å². The Morgan fingerprint density at radius 1 is 1.20 bits per heavy atom. The highest BCUT2D eigenvalue weighted by Gasteiger charge is 2.14. The van der Waals surface area contributed by atoms with Gasteiger partial charge in [0.2, 0.25) is 0 Å². The molecule has 0 atom stereocenters. The van der Waals surface area contributed by atoms with Gasteiger partial charge in [0.05, 0.1) is 0 Å². The van der Waals surface area contributed by atoms with Gasteiger partial charge in [0.15, 0.2) is 0 Å². The van der Waals surface area contributed by atoms with Crippen LogP contribution in [0.1, 0.15) is 41.6 Å². The van der Waals surface area contributed by atoms with E-state index in [0.717, 1.165) is 5.75 Å². The molecule has 0 aliphatic carbocycles. The van der Waals surface area contributed by atoms with Gasteiger partial charge >= 0.3 is 5.97 Å². The average Bonchev–Trinajstić information content (AvgIpc) is 2.84. The highest BCUT2D eigenvalue weighted by molar-refractivity contribution is 7.12. The summed E-state index contributed by atoms with van der Waals surface area (Å²) in [7, 11) is 0. The molecule has 2 rings (SSSR count).